The molecule has 0 radical (unpaired) electrons. The average molecular weight is 324 g/mol. The molecule has 0 saturated heterocycles. The third kappa shape index (κ3) is 3.08. The van der Waals surface area contributed by atoms with Gasteiger partial charge in [-0.05, 0) is 37.1 Å². The number of carboxylic acids is 1. The van der Waals surface area contributed by atoms with Crippen LogP contribution in [0.15, 0.2) is 18.2 Å². The SMILES string of the molecule is COc1c(F)c(F)c(C(=O)[O-])c(Nc2cc(C)cc(C)c2)c1F. The van der Waals surface area contributed by atoms with Crippen LogP contribution in [0.25, 0.3) is 0 Å². The zero-order chi connectivity index (χ0) is 17.3. The Labute approximate surface area is 130 Å². The lowest BCUT2D eigenvalue weighted by Gasteiger charge is -2.18. The minimum atomic E-state index is -2.05. The Morgan fingerprint density at radius 3 is 2.09 bits per heavy atom. The first-order valence-electron chi connectivity index (χ1n) is 6.57. The summed E-state index contributed by atoms with van der Waals surface area (Å²) >= 11 is 0. The van der Waals surface area contributed by atoms with Crippen LogP contribution in [0.5, 0.6) is 5.75 Å². The first-order chi connectivity index (χ1) is 10.8. The van der Waals surface area contributed by atoms with E-state index in [1.54, 1.807) is 26.0 Å². The van der Waals surface area contributed by atoms with Gasteiger partial charge in [0.05, 0.1) is 24.3 Å². The lowest BCUT2D eigenvalue weighted by Crippen LogP contribution is -2.26. The second kappa shape index (κ2) is 6.20. The van der Waals surface area contributed by atoms with E-state index in [1.165, 1.54) is 0 Å². The summed E-state index contributed by atoms with van der Waals surface area (Å²) in [5, 5.41) is 13.6. The van der Waals surface area contributed by atoms with Crippen LogP contribution in [-0.4, -0.2) is 13.1 Å². The molecule has 0 aliphatic heterocycles. The van der Waals surface area contributed by atoms with Gasteiger partial charge in [0, 0.05) is 5.69 Å². The third-order valence-corrected chi connectivity index (χ3v) is 3.18. The summed E-state index contributed by atoms with van der Waals surface area (Å²) in [5.41, 5.74) is -0.0439. The Morgan fingerprint density at radius 2 is 1.61 bits per heavy atom. The standard InChI is InChI=1S/C16H14F3NO3/c1-7-4-8(2)6-9(5-7)20-14-10(16(21)22)11(17)12(18)15(23-3)13(14)19/h4-6,20H,1-3H3,(H,21,22)/p-1. The Morgan fingerprint density at radius 1 is 1.04 bits per heavy atom. The largest absolute Gasteiger partial charge is 0.545 e. The van der Waals surface area contributed by atoms with Gasteiger partial charge >= 0.3 is 0 Å². The third-order valence-electron chi connectivity index (χ3n) is 3.18. The average Bonchev–Trinajstić information content (AvgIpc) is 2.44. The van der Waals surface area contributed by atoms with Crippen molar-refractivity contribution in [3.8, 4) is 5.75 Å². The van der Waals surface area contributed by atoms with E-state index in [0.29, 0.717) is 5.69 Å². The summed E-state index contributed by atoms with van der Waals surface area (Å²) in [7, 11) is 0.945. The van der Waals surface area contributed by atoms with E-state index in [9.17, 15) is 23.1 Å². The minimum Gasteiger partial charge on any atom is -0.545 e. The summed E-state index contributed by atoms with van der Waals surface area (Å²) in [5.74, 6) is -7.90. The Hall–Kier alpha value is -2.70. The molecule has 0 saturated carbocycles. The van der Waals surface area contributed by atoms with Gasteiger partial charge in [0.25, 0.3) is 0 Å². The van der Waals surface area contributed by atoms with Gasteiger partial charge in [-0.15, -0.1) is 0 Å². The maximum Gasteiger partial charge on any atom is 0.204 e. The Bertz CT molecular complexity index is 771. The number of aromatic carboxylic acids is 1. The van der Waals surface area contributed by atoms with E-state index in [2.05, 4.69) is 10.1 Å². The molecule has 23 heavy (non-hydrogen) atoms. The second-order valence-corrected chi connectivity index (χ2v) is 5.01. The van der Waals surface area contributed by atoms with Gasteiger partial charge in [0.1, 0.15) is 0 Å². The zero-order valence-electron chi connectivity index (χ0n) is 12.6. The smallest absolute Gasteiger partial charge is 0.204 e. The molecule has 0 heterocycles. The summed E-state index contributed by atoms with van der Waals surface area (Å²) in [4.78, 5) is 11.1. The highest BCUT2D eigenvalue weighted by atomic mass is 19.2. The molecule has 0 aliphatic carbocycles. The number of ether oxygens (including phenoxy) is 1. The van der Waals surface area contributed by atoms with Gasteiger partial charge in [-0.2, -0.15) is 4.39 Å². The van der Waals surface area contributed by atoms with E-state index in [-0.39, 0.29) is 0 Å². The molecular formula is C16H13F3NO3-. The van der Waals surface area contributed by atoms with Crippen LogP contribution in [0.4, 0.5) is 24.5 Å². The molecule has 2 rings (SSSR count). The quantitative estimate of drug-likeness (QED) is 0.879. The number of benzene rings is 2. The molecule has 2 aromatic rings. The molecule has 122 valence electrons. The zero-order valence-corrected chi connectivity index (χ0v) is 12.6. The summed E-state index contributed by atoms with van der Waals surface area (Å²) in [6.45, 7) is 3.56. The molecule has 0 spiro atoms. The number of carboxylic acid groups (broad SMARTS) is 1. The van der Waals surface area contributed by atoms with Crippen molar-refractivity contribution in [1.82, 2.24) is 0 Å². The summed E-state index contributed by atoms with van der Waals surface area (Å²) in [6.07, 6.45) is 0. The number of carbonyl (C=O) groups excluding carboxylic acids is 1. The van der Waals surface area contributed by atoms with Crippen LogP contribution in [-0.2, 0) is 0 Å². The van der Waals surface area contributed by atoms with Crippen molar-refractivity contribution in [2.75, 3.05) is 12.4 Å². The first kappa shape index (κ1) is 16.7. The van der Waals surface area contributed by atoms with Crippen molar-refractivity contribution in [1.29, 1.82) is 0 Å². The number of carbonyl (C=O) groups is 1. The molecule has 0 fully saturated rings. The molecule has 0 aromatic heterocycles. The van der Waals surface area contributed by atoms with Crippen molar-refractivity contribution >= 4 is 17.3 Å². The lowest BCUT2D eigenvalue weighted by molar-refractivity contribution is -0.255. The molecule has 0 amide bonds. The van der Waals surface area contributed by atoms with E-state index in [4.69, 9.17) is 0 Å². The van der Waals surface area contributed by atoms with Crippen LogP contribution >= 0.6 is 0 Å². The second-order valence-electron chi connectivity index (χ2n) is 5.01. The maximum atomic E-state index is 14.3. The molecule has 2 aromatic carbocycles. The minimum absolute atomic E-state index is 0.317. The maximum absolute atomic E-state index is 14.3. The van der Waals surface area contributed by atoms with Gasteiger partial charge in [-0.1, -0.05) is 6.07 Å². The fourth-order valence-corrected chi connectivity index (χ4v) is 2.32. The molecule has 1 N–H and O–H groups in total. The number of halogens is 3. The number of rotatable bonds is 4. The van der Waals surface area contributed by atoms with Crippen molar-refractivity contribution in [3.05, 3.63) is 52.3 Å². The topological polar surface area (TPSA) is 61.4 Å². The fraction of sp³-hybridized carbons (Fsp3) is 0.188. The van der Waals surface area contributed by atoms with Gasteiger partial charge < -0.3 is 20.0 Å². The highest BCUT2D eigenvalue weighted by Crippen LogP contribution is 2.36. The molecule has 0 atom stereocenters. The van der Waals surface area contributed by atoms with E-state index < -0.39 is 40.4 Å². The van der Waals surface area contributed by atoms with Crippen LogP contribution in [0.2, 0.25) is 0 Å². The van der Waals surface area contributed by atoms with Gasteiger partial charge in [-0.25, -0.2) is 8.78 Å². The van der Waals surface area contributed by atoms with Crippen LogP contribution in [0, 0.1) is 31.3 Å². The summed E-state index contributed by atoms with van der Waals surface area (Å²) < 4.78 is 46.4. The fourth-order valence-electron chi connectivity index (χ4n) is 2.32. The van der Waals surface area contributed by atoms with E-state index in [0.717, 1.165) is 18.2 Å². The number of aryl methyl sites for hydroxylation is 2. The lowest BCUT2D eigenvalue weighted by atomic mass is 10.1. The van der Waals surface area contributed by atoms with Crippen LogP contribution in [0.3, 0.4) is 0 Å². The number of nitrogens with one attached hydrogen (secondary N) is 1. The van der Waals surface area contributed by atoms with Crippen molar-refractivity contribution < 1.29 is 27.8 Å². The van der Waals surface area contributed by atoms with Gasteiger partial charge in [-0.3, -0.25) is 0 Å². The van der Waals surface area contributed by atoms with Gasteiger partial charge in [0.2, 0.25) is 5.82 Å². The summed E-state index contributed by atoms with van der Waals surface area (Å²) in [6, 6.07) is 5.03. The molecule has 0 unspecified atom stereocenters. The first-order valence-corrected chi connectivity index (χ1v) is 6.57. The number of hydrogen-bond donors (Lipinski definition) is 1. The Balaban J connectivity index is 2.69. The number of anilines is 2. The highest BCUT2D eigenvalue weighted by Gasteiger charge is 2.26. The van der Waals surface area contributed by atoms with Crippen LogP contribution in [0.1, 0.15) is 21.5 Å². The monoisotopic (exact) mass is 324 g/mol. The van der Waals surface area contributed by atoms with E-state index in [1.807, 2.05) is 6.07 Å². The van der Waals surface area contributed by atoms with Crippen LogP contribution < -0.4 is 15.2 Å². The molecule has 4 nitrogen and oxygen atoms in total. The van der Waals surface area contributed by atoms with E-state index >= 15 is 0 Å². The number of methoxy groups -OCH3 is 1. The molecule has 0 bridgehead atoms. The van der Waals surface area contributed by atoms with Crippen molar-refractivity contribution in [3.63, 3.8) is 0 Å². The predicted octanol–water partition coefficient (Wildman–Crippen LogP) is 2.84. The normalized spacial score (nSPS) is 10.5. The Kier molecular flexibility index (Phi) is 4.49. The highest BCUT2D eigenvalue weighted by molar-refractivity contribution is 5.95. The van der Waals surface area contributed by atoms with Crippen molar-refractivity contribution in [2.45, 2.75) is 13.8 Å². The number of hydrogen-bond acceptors (Lipinski definition) is 4. The predicted molar refractivity (Wildman–Crippen MR) is 76.4 cm³/mol. The molecule has 7 heteroatoms. The van der Waals surface area contributed by atoms with Crippen molar-refractivity contribution in [2.24, 2.45) is 0 Å². The molecular weight excluding hydrogens is 311 g/mol. The molecule has 0 aliphatic rings. The van der Waals surface area contributed by atoms with Gasteiger partial charge in [0.15, 0.2) is 17.4 Å².